The summed E-state index contributed by atoms with van der Waals surface area (Å²) in [7, 11) is 2.89. The Bertz CT molecular complexity index is 802. The molecule has 1 heterocycles. The van der Waals surface area contributed by atoms with Crippen LogP contribution in [0.3, 0.4) is 0 Å². The van der Waals surface area contributed by atoms with E-state index in [1.807, 2.05) is 13.8 Å². The summed E-state index contributed by atoms with van der Waals surface area (Å²) >= 11 is 0. The van der Waals surface area contributed by atoms with Gasteiger partial charge in [-0.05, 0) is 24.5 Å². The van der Waals surface area contributed by atoms with Crippen LogP contribution in [0.4, 0.5) is 10.2 Å². The lowest BCUT2D eigenvalue weighted by Gasteiger charge is -2.09. The minimum atomic E-state index is -0.877. The van der Waals surface area contributed by atoms with Gasteiger partial charge in [0.15, 0.2) is 17.3 Å². The first-order chi connectivity index (χ1) is 12.3. The summed E-state index contributed by atoms with van der Waals surface area (Å²) in [5.74, 6) is -1.46. The SMILES string of the molecule is COc1ccccc1C(=O)Nc1c(F)c(C(=O)NCCC(C)C)nn1C. The summed E-state index contributed by atoms with van der Waals surface area (Å²) in [4.78, 5) is 24.5. The molecule has 0 aliphatic heterocycles. The Hall–Kier alpha value is -2.90. The van der Waals surface area contributed by atoms with Crippen molar-refractivity contribution in [1.29, 1.82) is 0 Å². The molecule has 0 saturated heterocycles. The first-order valence-corrected chi connectivity index (χ1v) is 8.30. The monoisotopic (exact) mass is 362 g/mol. The van der Waals surface area contributed by atoms with Crippen molar-refractivity contribution in [2.45, 2.75) is 20.3 Å². The molecule has 0 spiro atoms. The number of aromatic nitrogens is 2. The number of carbonyl (C=O) groups excluding carboxylic acids is 2. The maximum absolute atomic E-state index is 14.6. The Morgan fingerprint density at radius 2 is 1.96 bits per heavy atom. The largest absolute Gasteiger partial charge is 0.496 e. The molecule has 0 atom stereocenters. The molecule has 2 amide bonds. The lowest BCUT2D eigenvalue weighted by molar-refractivity contribution is 0.0941. The summed E-state index contributed by atoms with van der Waals surface area (Å²) in [5, 5.41) is 8.95. The fraction of sp³-hybridized carbons (Fsp3) is 0.389. The molecule has 0 unspecified atom stereocenters. The van der Waals surface area contributed by atoms with E-state index in [1.165, 1.54) is 14.2 Å². The van der Waals surface area contributed by atoms with Crippen molar-refractivity contribution in [2.24, 2.45) is 13.0 Å². The Morgan fingerprint density at radius 3 is 2.62 bits per heavy atom. The highest BCUT2D eigenvalue weighted by molar-refractivity contribution is 6.06. The van der Waals surface area contributed by atoms with Crippen molar-refractivity contribution in [3.63, 3.8) is 0 Å². The Balaban J connectivity index is 2.17. The summed E-state index contributed by atoms with van der Waals surface area (Å²) in [6.45, 7) is 4.48. The number of methoxy groups -OCH3 is 1. The van der Waals surface area contributed by atoms with Crippen LogP contribution >= 0.6 is 0 Å². The zero-order chi connectivity index (χ0) is 19.3. The fourth-order valence-corrected chi connectivity index (χ4v) is 2.34. The van der Waals surface area contributed by atoms with Crippen LogP contribution in [0.25, 0.3) is 0 Å². The van der Waals surface area contributed by atoms with Gasteiger partial charge >= 0.3 is 0 Å². The van der Waals surface area contributed by atoms with E-state index in [0.29, 0.717) is 18.2 Å². The van der Waals surface area contributed by atoms with Gasteiger partial charge in [-0.3, -0.25) is 9.59 Å². The molecule has 2 N–H and O–H groups in total. The summed E-state index contributed by atoms with van der Waals surface area (Å²) in [5.41, 5.74) is -0.106. The average Bonchev–Trinajstić information content (AvgIpc) is 2.89. The first kappa shape index (κ1) is 19.4. The normalized spacial score (nSPS) is 10.7. The second-order valence-corrected chi connectivity index (χ2v) is 6.23. The second kappa shape index (κ2) is 8.46. The van der Waals surface area contributed by atoms with Gasteiger partial charge in [0.05, 0.1) is 12.7 Å². The van der Waals surface area contributed by atoms with Crippen molar-refractivity contribution < 1.29 is 18.7 Å². The number of hydrogen-bond acceptors (Lipinski definition) is 4. The molecule has 0 aliphatic carbocycles. The van der Waals surface area contributed by atoms with E-state index in [9.17, 15) is 14.0 Å². The van der Waals surface area contributed by atoms with Crippen LogP contribution in [-0.2, 0) is 7.05 Å². The maximum atomic E-state index is 14.6. The number of anilines is 1. The van der Waals surface area contributed by atoms with Gasteiger partial charge < -0.3 is 15.4 Å². The summed E-state index contributed by atoms with van der Waals surface area (Å²) in [6, 6.07) is 6.58. The number of halogens is 1. The number of nitrogens with one attached hydrogen (secondary N) is 2. The summed E-state index contributed by atoms with van der Waals surface area (Å²) in [6.07, 6.45) is 0.775. The number of carbonyl (C=O) groups is 2. The second-order valence-electron chi connectivity index (χ2n) is 6.23. The van der Waals surface area contributed by atoms with Crippen molar-refractivity contribution in [3.05, 3.63) is 41.3 Å². The van der Waals surface area contributed by atoms with Gasteiger partial charge in [0.25, 0.3) is 11.8 Å². The van der Waals surface area contributed by atoms with Gasteiger partial charge in [-0.25, -0.2) is 9.07 Å². The van der Waals surface area contributed by atoms with Crippen LogP contribution in [0.5, 0.6) is 5.75 Å². The Labute approximate surface area is 151 Å². The molecule has 8 heteroatoms. The molecule has 26 heavy (non-hydrogen) atoms. The number of para-hydroxylation sites is 1. The van der Waals surface area contributed by atoms with Crippen LogP contribution in [0.2, 0.25) is 0 Å². The molecule has 140 valence electrons. The number of hydrogen-bond donors (Lipinski definition) is 2. The van der Waals surface area contributed by atoms with E-state index in [4.69, 9.17) is 4.74 Å². The smallest absolute Gasteiger partial charge is 0.274 e. The molecule has 0 aliphatic rings. The van der Waals surface area contributed by atoms with E-state index in [2.05, 4.69) is 15.7 Å². The van der Waals surface area contributed by atoms with Crippen molar-refractivity contribution in [2.75, 3.05) is 19.0 Å². The molecule has 1 aromatic heterocycles. The van der Waals surface area contributed by atoms with E-state index >= 15 is 0 Å². The molecule has 0 radical (unpaired) electrons. The van der Waals surface area contributed by atoms with Crippen LogP contribution in [0, 0.1) is 11.7 Å². The molecule has 0 fully saturated rings. The molecule has 2 aromatic rings. The average molecular weight is 362 g/mol. The highest BCUT2D eigenvalue weighted by Crippen LogP contribution is 2.22. The highest BCUT2D eigenvalue weighted by atomic mass is 19.1. The third-order valence-electron chi connectivity index (χ3n) is 3.80. The molecule has 0 saturated carbocycles. The van der Waals surface area contributed by atoms with Crippen molar-refractivity contribution in [3.8, 4) is 5.75 Å². The van der Waals surface area contributed by atoms with Gasteiger partial charge in [0, 0.05) is 13.6 Å². The minimum Gasteiger partial charge on any atom is -0.496 e. The van der Waals surface area contributed by atoms with E-state index in [-0.39, 0.29) is 17.1 Å². The van der Waals surface area contributed by atoms with Crippen LogP contribution in [0.15, 0.2) is 24.3 Å². The predicted molar refractivity (Wildman–Crippen MR) is 95.9 cm³/mol. The summed E-state index contributed by atoms with van der Waals surface area (Å²) < 4.78 is 20.9. The molecular weight excluding hydrogens is 339 g/mol. The van der Waals surface area contributed by atoms with Gasteiger partial charge in [-0.1, -0.05) is 26.0 Å². The number of nitrogens with zero attached hydrogens (tertiary/aromatic N) is 2. The molecule has 0 bridgehead atoms. The minimum absolute atomic E-state index is 0.185. The molecular formula is C18H23FN4O3. The lowest BCUT2D eigenvalue weighted by atomic mass is 10.1. The zero-order valence-electron chi connectivity index (χ0n) is 15.3. The lowest BCUT2D eigenvalue weighted by Crippen LogP contribution is -2.26. The number of rotatable bonds is 7. The van der Waals surface area contributed by atoms with E-state index in [1.54, 1.807) is 24.3 Å². The van der Waals surface area contributed by atoms with Gasteiger partial charge in [0.1, 0.15) is 5.75 Å². The van der Waals surface area contributed by atoms with Crippen LogP contribution in [0.1, 0.15) is 41.1 Å². The Morgan fingerprint density at radius 1 is 1.27 bits per heavy atom. The number of benzene rings is 1. The predicted octanol–water partition coefficient (Wildman–Crippen LogP) is 2.60. The number of amides is 2. The zero-order valence-corrected chi connectivity index (χ0v) is 15.3. The van der Waals surface area contributed by atoms with Crippen molar-refractivity contribution in [1.82, 2.24) is 15.1 Å². The fourth-order valence-electron chi connectivity index (χ4n) is 2.34. The maximum Gasteiger partial charge on any atom is 0.274 e. The number of ether oxygens (including phenoxy) is 1. The quantitative estimate of drug-likeness (QED) is 0.793. The molecule has 1 aromatic carbocycles. The van der Waals surface area contributed by atoms with Gasteiger partial charge in [-0.15, -0.1) is 0 Å². The van der Waals surface area contributed by atoms with E-state index < -0.39 is 17.6 Å². The van der Waals surface area contributed by atoms with Crippen molar-refractivity contribution >= 4 is 17.6 Å². The number of aryl methyl sites for hydroxylation is 1. The van der Waals surface area contributed by atoms with Gasteiger partial charge in [0.2, 0.25) is 0 Å². The molecule has 7 nitrogen and oxygen atoms in total. The van der Waals surface area contributed by atoms with Gasteiger partial charge in [-0.2, -0.15) is 5.10 Å². The third-order valence-corrected chi connectivity index (χ3v) is 3.80. The standard InChI is InChI=1S/C18H23FN4O3/c1-11(2)9-10-20-18(25)15-14(19)16(23(3)22-15)21-17(24)12-7-5-6-8-13(12)26-4/h5-8,11H,9-10H2,1-4H3,(H,20,25)(H,21,24). The van der Waals surface area contributed by atoms with Crippen LogP contribution in [-0.4, -0.2) is 35.2 Å². The highest BCUT2D eigenvalue weighted by Gasteiger charge is 2.24. The molecule has 2 rings (SSSR count). The first-order valence-electron chi connectivity index (χ1n) is 8.30. The topological polar surface area (TPSA) is 85.2 Å². The van der Waals surface area contributed by atoms with E-state index in [0.717, 1.165) is 11.1 Å². The van der Waals surface area contributed by atoms with Crippen LogP contribution < -0.4 is 15.4 Å². The third kappa shape index (κ3) is 4.38. The Kier molecular flexibility index (Phi) is 6.32.